The Morgan fingerprint density at radius 3 is 2.33 bits per heavy atom. The van der Waals surface area contributed by atoms with E-state index < -0.39 is 12.5 Å². The van der Waals surface area contributed by atoms with E-state index in [-0.39, 0.29) is 5.91 Å². The average molecular weight is 287 g/mol. The van der Waals surface area contributed by atoms with Gasteiger partial charge in [0.05, 0.1) is 11.3 Å². The van der Waals surface area contributed by atoms with E-state index in [1.165, 1.54) is 4.90 Å². The maximum Gasteiger partial charge on any atom is 0.323 e. The highest BCUT2D eigenvalue weighted by atomic mass is 16.4. The molecule has 6 nitrogen and oxygen atoms in total. The Morgan fingerprint density at radius 1 is 1.24 bits per heavy atom. The molecule has 1 aromatic carbocycles. The first-order valence-corrected chi connectivity index (χ1v) is 6.50. The zero-order valence-corrected chi connectivity index (χ0v) is 12.2. The van der Waals surface area contributed by atoms with Gasteiger partial charge >= 0.3 is 5.97 Å². The Labute approximate surface area is 122 Å². The topological polar surface area (TPSA) is 75.4 Å². The van der Waals surface area contributed by atoms with Crippen molar-refractivity contribution in [2.24, 2.45) is 7.05 Å². The van der Waals surface area contributed by atoms with Crippen molar-refractivity contribution in [1.29, 1.82) is 0 Å². The van der Waals surface area contributed by atoms with Crippen molar-refractivity contribution in [2.75, 3.05) is 11.4 Å². The van der Waals surface area contributed by atoms with Crippen molar-refractivity contribution in [3.63, 3.8) is 0 Å². The monoisotopic (exact) mass is 287 g/mol. The SMILES string of the molecule is Cc1nn(C)c(C)c1C(=O)N(CC(=O)O)c1ccccc1. The van der Waals surface area contributed by atoms with E-state index >= 15 is 0 Å². The van der Waals surface area contributed by atoms with Gasteiger partial charge in [0.15, 0.2) is 0 Å². The van der Waals surface area contributed by atoms with E-state index in [0.717, 1.165) is 0 Å². The molecule has 2 aromatic rings. The molecule has 110 valence electrons. The van der Waals surface area contributed by atoms with Crippen LogP contribution in [0.4, 0.5) is 5.69 Å². The van der Waals surface area contributed by atoms with Crippen LogP contribution in [-0.2, 0) is 11.8 Å². The van der Waals surface area contributed by atoms with Gasteiger partial charge in [-0.25, -0.2) is 0 Å². The molecule has 0 saturated carbocycles. The van der Waals surface area contributed by atoms with Gasteiger partial charge in [0.1, 0.15) is 6.54 Å². The second-order valence-corrected chi connectivity index (χ2v) is 4.79. The predicted octanol–water partition coefficient (Wildman–Crippen LogP) is 1.77. The highest BCUT2D eigenvalue weighted by Gasteiger charge is 2.25. The van der Waals surface area contributed by atoms with Gasteiger partial charge in [0, 0.05) is 18.4 Å². The number of amides is 1. The van der Waals surface area contributed by atoms with Crippen LogP contribution in [0.3, 0.4) is 0 Å². The first-order valence-electron chi connectivity index (χ1n) is 6.50. The Kier molecular flexibility index (Phi) is 4.07. The van der Waals surface area contributed by atoms with E-state index in [4.69, 9.17) is 5.11 Å². The number of hydrogen-bond donors (Lipinski definition) is 1. The largest absolute Gasteiger partial charge is 0.480 e. The van der Waals surface area contributed by atoms with Crippen molar-refractivity contribution in [3.05, 3.63) is 47.3 Å². The van der Waals surface area contributed by atoms with Gasteiger partial charge in [-0.2, -0.15) is 5.10 Å². The number of carbonyl (C=O) groups excluding carboxylic acids is 1. The summed E-state index contributed by atoms with van der Waals surface area (Å²) in [5.74, 6) is -1.42. The number of carboxylic acids is 1. The Bertz CT molecular complexity index is 677. The zero-order valence-electron chi connectivity index (χ0n) is 12.2. The molecule has 2 rings (SSSR count). The fourth-order valence-corrected chi connectivity index (χ4v) is 2.24. The van der Waals surface area contributed by atoms with E-state index in [9.17, 15) is 9.59 Å². The molecule has 0 radical (unpaired) electrons. The first kappa shape index (κ1) is 14.8. The van der Waals surface area contributed by atoms with Crippen LogP contribution in [0.15, 0.2) is 30.3 Å². The third-order valence-electron chi connectivity index (χ3n) is 3.33. The van der Waals surface area contributed by atoms with E-state index in [1.54, 1.807) is 49.8 Å². The van der Waals surface area contributed by atoms with Crippen molar-refractivity contribution in [2.45, 2.75) is 13.8 Å². The van der Waals surface area contributed by atoms with E-state index in [0.29, 0.717) is 22.6 Å². The molecule has 0 aliphatic heterocycles. The summed E-state index contributed by atoms with van der Waals surface area (Å²) < 4.78 is 1.62. The minimum Gasteiger partial charge on any atom is -0.480 e. The van der Waals surface area contributed by atoms with Crippen molar-refractivity contribution in [3.8, 4) is 0 Å². The number of para-hydroxylation sites is 1. The lowest BCUT2D eigenvalue weighted by Gasteiger charge is -2.21. The summed E-state index contributed by atoms with van der Waals surface area (Å²) in [7, 11) is 1.75. The maximum absolute atomic E-state index is 12.7. The number of benzene rings is 1. The molecule has 6 heteroatoms. The average Bonchev–Trinajstić information content (AvgIpc) is 2.70. The lowest BCUT2D eigenvalue weighted by Crippen LogP contribution is -2.36. The Balaban J connectivity index is 2.46. The van der Waals surface area contributed by atoms with Gasteiger partial charge in [0.25, 0.3) is 5.91 Å². The van der Waals surface area contributed by atoms with Gasteiger partial charge < -0.3 is 5.11 Å². The second kappa shape index (κ2) is 5.78. The first-order chi connectivity index (χ1) is 9.91. The fraction of sp³-hybridized carbons (Fsp3) is 0.267. The van der Waals surface area contributed by atoms with Crippen LogP contribution in [0.2, 0.25) is 0 Å². The highest BCUT2D eigenvalue weighted by Crippen LogP contribution is 2.20. The molecule has 0 saturated heterocycles. The van der Waals surface area contributed by atoms with E-state index in [2.05, 4.69) is 5.10 Å². The zero-order chi connectivity index (χ0) is 15.6. The van der Waals surface area contributed by atoms with Crippen LogP contribution in [-0.4, -0.2) is 33.3 Å². The molecule has 0 aliphatic carbocycles. The van der Waals surface area contributed by atoms with Crippen LogP contribution in [0.25, 0.3) is 0 Å². The summed E-state index contributed by atoms with van der Waals surface area (Å²) in [4.78, 5) is 25.1. The summed E-state index contributed by atoms with van der Waals surface area (Å²) in [6.45, 7) is 3.14. The molecule has 0 bridgehead atoms. The molecule has 0 atom stereocenters. The lowest BCUT2D eigenvalue weighted by molar-refractivity contribution is -0.135. The molecule has 1 heterocycles. The highest BCUT2D eigenvalue weighted by molar-refractivity contribution is 6.09. The minimum atomic E-state index is -1.06. The van der Waals surface area contributed by atoms with Gasteiger partial charge in [-0.05, 0) is 26.0 Å². The quantitative estimate of drug-likeness (QED) is 0.930. The molecule has 0 aliphatic rings. The predicted molar refractivity (Wildman–Crippen MR) is 78.4 cm³/mol. The normalized spacial score (nSPS) is 10.4. The van der Waals surface area contributed by atoms with Crippen LogP contribution in [0.1, 0.15) is 21.7 Å². The number of aryl methyl sites for hydroxylation is 2. The van der Waals surface area contributed by atoms with Crippen LogP contribution in [0.5, 0.6) is 0 Å². The summed E-state index contributed by atoms with van der Waals surface area (Å²) >= 11 is 0. The lowest BCUT2D eigenvalue weighted by atomic mass is 10.1. The summed E-state index contributed by atoms with van der Waals surface area (Å²) in [6, 6.07) is 8.76. The summed E-state index contributed by atoms with van der Waals surface area (Å²) in [5, 5.41) is 13.3. The molecule has 0 unspecified atom stereocenters. The van der Waals surface area contributed by atoms with Gasteiger partial charge in [-0.3, -0.25) is 19.2 Å². The number of rotatable bonds is 4. The minimum absolute atomic E-state index is 0.355. The van der Waals surface area contributed by atoms with Crippen LogP contribution < -0.4 is 4.90 Å². The molecule has 1 aromatic heterocycles. The number of hydrogen-bond acceptors (Lipinski definition) is 3. The summed E-state index contributed by atoms with van der Waals surface area (Å²) in [5.41, 5.74) is 2.30. The number of nitrogens with zero attached hydrogens (tertiary/aromatic N) is 3. The number of aliphatic carboxylic acids is 1. The molecular weight excluding hydrogens is 270 g/mol. The standard InChI is InChI=1S/C15H17N3O3/c1-10-14(11(2)17(3)16-10)15(21)18(9-13(19)20)12-7-5-4-6-8-12/h4-8H,9H2,1-3H3,(H,19,20). The number of carboxylic acid groups (broad SMARTS) is 1. The smallest absolute Gasteiger partial charge is 0.323 e. The maximum atomic E-state index is 12.7. The summed E-state index contributed by atoms with van der Waals surface area (Å²) in [6.07, 6.45) is 0. The van der Waals surface area contributed by atoms with Crippen LogP contribution >= 0.6 is 0 Å². The van der Waals surface area contributed by atoms with Crippen molar-refractivity contribution >= 4 is 17.6 Å². The van der Waals surface area contributed by atoms with Gasteiger partial charge in [-0.15, -0.1) is 0 Å². The third kappa shape index (κ3) is 2.94. The van der Waals surface area contributed by atoms with Gasteiger partial charge in [-0.1, -0.05) is 18.2 Å². The number of anilines is 1. The molecule has 1 amide bonds. The fourth-order valence-electron chi connectivity index (χ4n) is 2.24. The Morgan fingerprint density at radius 2 is 1.86 bits per heavy atom. The second-order valence-electron chi connectivity index (χ2n) is 4.79. The molecule has 21 heavy (non-hydrogen) atoms. The number of aromatic nitrogens is 2. The molecule has 1 N–H and O–H groups in total. The Hall–Kier alpha value is -2.63. The molecule has 0 spiro atoms. The molecule has 0 fully saturated rings. The number of carbonyl (C=O) groups is 2. The van der Waals surface area contributed by atoms with E-state index in [1.807, 2.05) is 6.07 Å². The van der Waals surface area contributed by atoms with Crippen molar-refractivity contribution in [1.82, 2.24) is 9.78 Å². The van der Waals surface area contributed by atoms with Crippen molar-refractivity contribution < 1.29 is 14.7 Å². The van der Waals surface area contributed by atoms with Gasteiger partial charge in [0.2, 0.25) is 0 Å². The molecular formula is C15H17N3O3. The third-order valence-corrected chi connectivity index (χ3v) is 3.33. The van der Waals surface area contributed by atoms with Crippen LogP contribution in [0, 0.1) is 13.8 Å².